The molecule has 1 aromatic heterocycles. The van der Waals surface area contributed by atoms with Gasteiger partial charge in [0.05, 0.1) is 17.1 Å². The van der Waals surface area contributed by atoms with Gasteiger partial charge in [-0.25, -0.2) is 13.1 Å². The van der Waals surface area contributed by atoms with Gasteiger partial charge in [-0.05, 0) is 50.8 Å². The van der Waals surface area contributed by atoms with Crippen LogP contribution in [0.1, 0.15) is 31.0 Å². The van der Waals surface area contributed by atoms with Gasteiger partial charge in [-0.2, -0.15) is 5.10 Å². The van der Waals surface area contributed by atoms with Gasteiger partial charge in [0.25, 0.3) is 0 Å². The number of aliphatic imine (C=N–C) groups is 1. The van der Waals surface area contributed by atoms with E-state index in [1.54, 1.807) is 7.05 Å². The minimum Gasteiger partial charge on any atom is -0.356 e. The maximum atomic E-state index is 11.3. The van der Waals surface area contributed by atoms with Crippen molar-refractivity contribution in [3.63, 3.8) is 0 Å². The van der Waals surface area contributed by atoms with Crippen LogP contribution in [0.4, 0.5) is 0 Å². The monoisotopic (exact) mass is 405 g/mol. The molecule has 1 atom stereocenters. The number of rotatable bonds is 9. The summed E-state index contributed by atoms with van der Waals surface area (Å²) >= 11 is 0. The number of aryl methyl sites for hydroxylation is 2. The molecule has 1 unspecified atom stereocenters. The van der Waals surface area contributed by atoms with Crippen LogP contribution in [0.25, 0.3) is 5.69 Å². The van der Waals surface area contributed by atoms with E-state index in [-0.39, 0.29) is 11.8 Å². The zero-order valence-corrected chi connectivity index (χ0v) is 18.0. The van der Waals surface area contributed by atoms with E-state index >= 15 is 0 Å². The zero-order valence-electron chi connectivity index (χ0n) is 17.1. The highest BCUT2D eigenvalue weighted by Gasteiger charge is 2.10. The predicted octanol–water partition coefficient (Wildman–Crippen LogP) is 2.10. The molecule has 0 radical (unpaired) electrons. The molecule has 28 heavy (non-hydrogen) atoms. The molecule has 2 rings (SSSR count). The van der Waals surface area contributed by atoms with Crippen molar-refractivity contribution >= 4 is 15.8 Å². The fourth-order valence-corrected chi connectivity index (χ4v) is 3.61. The second kappa shape index (κ2) is 10.3. The topological polar surface area (TPSA) is 88.4 Å². The van der Waals surface area contributed by atoms with Crippen LogP contribution < -0.4 is 10.6 Å². The number of sulfone groups is 1. The molecule has 0 aliphatic rings. The highest BCUT2D eigenvalue weighted by atomic mass is 32.2. The van der Waals surface area contributed by atoms with Gasteiger partial charge in [0.15, 0.2) is 5.96 Å². The molecule has 1 aromatic carbocycles. The Bertz CT molecular complexity index is 875. The van der Waals surface area contributed by atoms with Crippen molar-refractivity contribution in [2.24, 2.45) is 4.99 Å². The van der Waals surface area contributed by atoms with E-state index in [0.29, 0.717) is 12.4 Å². The van der Waals surface area contributed by atoms with Crippen LogP contribution in [0.2, 0.25) is 0 Å². The lowest BCUT2D eigenvalue weighted by Gasteiger charge is -2.17. The summed E-state index contributed by atoms with van der Waals surface area (Å²) in [6, 6.07) is 10.1. The third kappa shape index (κ3) is 7.34. The summed E-state index contributed by atoms with van der Waals surface area (Å²) in [7, 11) is -1.23. The predicted molar refractivity (Wildman–Crippen MR) is 115 cm³/mol. The summed E-state index contributed by atoms with van der Waals surface area (Å²) in [5.74, 6) is 0.862. The lowest BCUT2D eigenvalue weighted by Crippen LogP contribution is -2.43. The van der Waals surface area contributed by atoms with Gasteiger partial charge in [0.1, 0.15) is 9.84 Å². The average Bonchev–Trinajstić information content (AvgIpc) is 3.03. The minimum atomic E-state index is -2.94. The SMILES string of the molecule is CN=C(NCCCc1cn(-c2ccccc2)nc1C)NC(C)CCS(C)(=O)=O. The summed E-state index contributed by atoms with van der Waals surface area (Å²) in [5.41, 5.74) is 3.33. The molecule has 0 aliphatic carbocycles. The molecule has 0 fully saturated rings. The van der Waals surface area contributed by atoms with E-state index in [2.05, 4.69) is 26.9 Å². The van der Waals surface area contributed by atoms with Crippen molar-refractivity contribution in [1.82, 2.24) is 20.4 Å². The van der Waals surface area contributed by atoms with Crippen molar-refractivity contribution in [3.8, 4) is 5.69 Å². The molecule has 8 heteroatoms. The van der Waals surface area contributed by atoms with Gasteiger partial charge < -0.3 is 10.6 Å². The summed E-state index contributed by atoms with van der Waals surface area (Å²) < 4.78 is 24.5. The minimum absolute atomic E-state index is 0.0345. The molecule has 2 aromatic rings. The normalized spacial score (nSPS) is 13.4. The number of hydrogen-bond acceptors (Lipinski definition) is 4. The molecule has 0 saturated carbocycles. The number of nitrogens with zero attached hydrogens (tertiary/aromatic N) is 3. The Hall–Kier alpha value is -2.35. The highest BCUT2D eigenvalue weighted by molar-refractivity contribution is 7.90. The lowest BCUT2D eigenvalue weighted by molar-refractivity contribution is 0.580. The molecular formula is C20H31N5O2S. The van der Waals surface area contributed by atoms with Crippen LogP contribution in [0.3, 0.4) is 0 Å². The molecule has 0 saturated heterocycles. The summed E-state index contributed by atoms with van der Waals surface area (Å²) in [6.45, 7) is 4.76. The van der Waals surface area contributed by atoms with Gasteiger partial charge in [-0.3, -0.25) is 4.99 Å². The van der Waals surface area contributed by atoms with Crippen molar-refractivity contribution in [2.75, 3.05) is 25.6 Å². The Morgan fingerprint density at radius 2 is 2.00 bits per heavy atom. The molecule has 0 bridgehead atoms. The van der Waals surface area contributed by atoms with Crippen LogP contribution in [0, 0.1) is 6.92 Å². The van der Waals surface area contributed by atoms with E-state index < -0.39 is 9.84 Å². The van der Waals surface area contributed by atoms with Crippen LogP contribution in [-0.4, -0.2) is 55.8 Å². The number of guanidine groups is 1. The molecule has 1 heterocycles. The zero-order chi connectivity index (χ0) is 20.6. The van der Waals surface area contributed by atoms with Crippen molar-refractivity contribution in [3.05, 3.63) is 47.8 Å². The van der Waals surface area contributed by atoms with Crippen LogP contribution in [0.5, 0.6) is 0 Å². The van der Waals surface area contributed by atoms with Crippen molar-refractivity contribution in [1.29, 1.82) is 0 Å². The number of para-hydroxylation sites is 1. The standard InChI is InChI=1S/C20H31N5O2S/c1-16(12-14-28(4,26)27)23-20(21-3)22-13-8-9-18-15-25(24-17(18)2)19-10-6-5-7-11-19/h5-7,10-11,15-16H,8-9,12-14H2,1-4H3,(H2,21,22,23). The Balaban J connectivity index is 1.78. The molecule has 2 N–H and O–H groups in total. The van der Waals surface area contributed by atoms with E-state index in [1.165, 1.54) is 11.8 Å². The first kappa shape index (κ1) is 21.9. The maximum Gasteiger partial charge on any atom is 0.191 e. The fourth-order valence-electron chi connectivity index (χ4n) is 2.83. The molecule has 7 nitrogen and oxygen atoms in total. The van der Waals surface area contributed by atoms with Gasteiger partial charge in [0.2, 0.25) is 0 Å². The summed E-state index contributed by atoms with van der Waals surface area (Å²) in [5, 5.41) is 11.1. The smallest absolute Gasteiger partial charge is 0.191 e. The third-order valence-corrected chi connectivity index (χ3v) is 5.44. The van der Waals surface area contributed by atoms with E-state index in [1.807, 2.05) is 48.9 Å². The average molecular weight is 406 g/mol. The largest absolute Gasteiger partial charge is 0.356 e. The third-order valence-electron chi connectivity index (χ3n) is 4.47. The lowest BCUT2D eigenvalue weighted by atomic mass is 10.1. The molecule has 154 valence electrons. The number of aromatic nitrogens is 2. The number of hydrogen-bond donors (Lipinski definition) is 2. The van der Waals surface area contributed by atoms with Crippen LogP contribution >= 0.6 is 0 Å². The van der Waals surface area contributed by atoms with Crippen LogP contribution in [-0.2, 0) is 16.3 Å². The Morgan fingerprint density at radius 1 is 1.29 bits per heavy atom. The molecule has 0 spiro atoms. The Kier molecular flexibility index (Phi) is 8.04. The van der Waals surface area contributed by atoms with Crippen molar-refractivity contribution in [2.45, 2.75) is 39.2 Å². The number of nitrogens with one attached hydrogen (secondary N) is 2. The molecule has 0 aliphatic heterocycles. The first-order valence-electron chi connectivity index (χ1n) is 9.54. The number of benzene rings is 1. The van der Waals surface area contributed by atoms with Gasteiger partial charge >= 0.3 is 0 Å². The second-order valence-electron chi connectivity index (χ2n) is 7.09. The van der Waals surface area contributed by atoms with Gasteiger partial charge in [-0.15, -0.1) is 0 Å². The first-order valence-corrected chi connectivity index (χ1v) is 11.6. The van der Waals surface area contributed by atoms with Gasteiger partial charge in [-0.1, -0.05) is 18.2 Å². The van der Waals surface area contributed by atoms with Gasteiger partial charge in [0, 0.05) is 32.1 Å². The maximum absolute atomic E-state index is 11.3. The highest BCUT2D eigenvalue weighted by Crippen LogP contribution is 2.13. The Labute approximate surface area is 168 Å². The quantitative estimate of drug-likeness (QED) is 0.379. The molecule has 0 amide bonds. The van der Waals surface area contributed by atoms with Crippen LogP contribution in [0.15, 0.2) is 41.5 Å². The summed E-state index contributed by atoms with van der Waals surface area (Å²) in [4.78, 5) is 4.21. The van der Waals surface area contributed by atoms with E-state index in [4.69, 9.17) is 0 Å². The molecular weight excluding hydrogens is 374 g/mol. The Morgan fingerprint density at radius 3 is 2.64 bits per heavy atom. The van der Waals surface area contributed by atoms with E-state index in [9.17, 15) is 8.42 Å². The second-order valence-corrected chi connectivity index (χ2v) is 9.35. The fraction of sp³-hybridized carbons (Fsp3) is 0.500. The van der Waals surface area contributed by atoms with Crippen molar-refractivity contribution < 1.29 is 8.42 Å². The summed E-state index contributed by atoms with van der Waals surface area (Å²) in [6.07, 6.45) is 5.77. The first-order chi connectivity index (χ1) is 13.3. The van der Waals surface area contributed by atoms with E-state index in [0.717, 1.165) is 30.8 Å².